The first kappa shape index (κ1) is 21.6. The van der Waals surface area contributed by atoms with Crippen molar-refractivity contribution in [3.63, 3.8) is 0 Å². The summed E-state index contributed by atoms with van der Waals surface area (Å²) in [5, 5.41) is 13.4. The van der Waals surface area contributed by atoms with Crippen molar-refractivity contribution in [2.24, 2.45) is 5.92 Å². The van der Waals surface area contributed by atoms with Crippen LogP contribution in [0.5, 0.6) is 5.75 Å². The lowest BCUT2D eigenvalue weighted by Crippen LogP contribution is -2.27. The van der Waals surface area contributed by atoms with Crippen LogP contribution < -0.4 is 20.5 Å². The number of pyridine rings is 1. The van der Waals surface area contributed by atoms with Crippen LogP contribution >= 0.6 is 0 Å². The maximum absolute atomic E-state index is 12.9. The van der Waals surface area contributed by atoms with Crippen LogP contribution in [0.1, 0.15) is 42.8 Å². The molecule has 1 aromatic carbocycles. The molecule has 174 valence electrons. The third-order valence-corrected chi connectivity index (χ3v) is 5.81. The highest BCUT2D eigenvalue weighted by molar-refractivity contribution is 5.87. The van der Waals surface area contributed by atoms with Crippen LogP contribution in [-0.2, 0) is 4.74 Å². The number of amides is 1. The van der Waals surface area contributed by atoms with Crippen molar-refractivity contribution in [3.05, 3.63) is 45.5 Å². The minimum absolute atomic E-state index is 0.189. The van der Waals surface area contributed by atoms with Crippen molar-refractivity contribution in [1.82, 2.24) is 19.9 Å². The van der Waals surface area contributed by atoms with Crippen molar-refractivity contribution < 1.29 is 14.3 Å². The number of ether oxygens (including phenoxy) is 2. The summed E-state index contributed by atoms with van der Waals surface area (Å²) in [5.41, 5.74) is 1.18. The van der Waals surface area contributed by atoms with Gasteiger partial charge in [0.05, 0.1) is 30.3 Å². The van der Waals surface area contributed by atoms with Crippen LogP contribution in [0.2, 0.25) is 0 Å². The molecule has 1 aliphatic carbocycles. The lowest BCUT2D eigenvalue weighted by Gasteiger charge is -2.17. The Balaban J connectivity index is 1.42. The van der Waals surface area contributed by atoms with Crippen LogP contribution in [0.25, 0.3) is 10.9 Å². The number of aromatic nitrogens is 4. The predicted molar refractivity (Wildman–Crippen MR) is 123 cm³/mol. The Bertz CT molecular complexity index is 1380. The minimum Gasteiger partial charge on any atom is -0.492 e. The first-order valence-corrected chi connectivity index (χ1v) is 11.1. The van der Waals surface area contributed by atoms with E-state index in [-0.39, 0.29) is 24.1 Å². The van der Waals surface area contributed by atoms with E-state index < -0.39 is 12.1 Å². The van der Waals surface area contributed by atoms with Gasteiger partial charge in [0.15, 0.2) is 0 Å². The Hall–Kier alpha value is -4.20. The van der Waals surface area contributed by atoms with Gasteiger partial charge in [-0.2, -0.15) is 20.2 Å². The molecular weight excluding hydrogens is 438 g/mol. The predicted octanol–water partition coefficient (Wildman–Crippen LogP) is 2.81. The number of H-pyrrole nitrogens is 1. The molecule has 2 aromatic heterocycles. The number of hydrogen-bond donors (Lipinski definition) is 2. The summed E-state index contributed by atoms with van der Waals surface area (Å²) < 4.78 is 10.8. The Morgan fingerprint density at radius 3 is 2.82 bits per heavy atom. The third-order valence-electron chi connectivity index (χ3n) is 5.81. The molecule has 0 unspecified atom stereocenters. The Morgan fingerprint density at radius 2 is 2.12 bits per heavy atom. The van der Waals surface area contributed by atoms with E-state index in [1.54, 1.807) is 32.0 Å². The largest absolute Gasteiger partial charge is 0.492 e. The topological polar surface area (TPSA) is 146 Å². The number of benzene rings is 1. The van der Waals surface area contributed by atoms with Gasteiger partial charge in [0.1, 0.15) is 24.3 Å². The molecular formula is C23H23N7O4. The van der Waals surface area contributed by atoms with Crippen molar-refractivity contribution in [1.29, 1.82) is 5.26 Å². The van der Waals surface area contributed by atoms with Crippen molar-refractivity contribution >= 4 is 28.9 Å². The summed E-state index contributed by atoms with van der Waals surface area (Å²) in [5.74, 6) is 1.87. The average molecular weight is 461 g/mol. The number of carbonyl (C=O) groups is 1. The molecule has 2 N–H and O–H groups in total. The summed E-state index contributed by atoms with van der Waals surface area (Å²) >= 11 is 0. The normalized spacial score (nSPS) is 16.3. The van der Waals surface area contributed by atoms with Crippen LogP contribution in [0.4, 0.5) is 16.7 Å². The molecule has 1 saturated heterocycles. The molecule has 1 saturated carbocycles. The fourth-order valence-corrected chi connectivity index (χ4v) is 3.77. The lowest BCUT2D eigenvalue weighted by molar-refractivity contribution is 0.181. The van der Waals surface area contributed by atoms with Gasteiger partial charge in [0, 0.05) is 17.0 Å². The van der Waals surface area contributed by atoms with Crippen molar-refractivity contribution in [2.75, 3.05) is 30.0 Å². The van der Waals surface area contributed by atoms with Gasteiger partial charge in [0.25, 0.3) is 5.56 Å². The molecule has 0 radical (unpaired) electrons. The highest BCUT2D eigenvalue weighted by Crippen LogP contribution is 2.32. The summed E-state index contributed by atoms with van der Waals surface area (Å²) in [7, 11) is 0. The van der Waals surface area contributed by atoms with Crippen molar-refractivity contribution in [2.45, 2.75) is 32.7 Å². The van der Waals surface area contributed by atoms with E-state index in [0.717, 1.165) is 12.8 Å². The van der Waals surface area contributed by atoms with E-state index in [9.17, 15) is 14.9 Å². The Morgan fingerprint density at radius 1 is 1.29 bits per heavy atom. The summed E-state index contributed by atoms with van der Waals surface area (Å²) in [6.45, 7) is 4.70. The first-order valence-electron chi connectivity index (χ1n) is 11.1. The van der Waals surface area contributed by atoms with Crippen LogP contribution in [-0.4, -0.2) is 45.8 Å². The second-order valence-corrected chi connectivity index (χ2v) is 8.49. The number of cyclic esters (lactones) is 1. The van der Waals surface area contributed by atoms with Gasteiger partial charge < -0.3 is 19.8 Å². The molecule has 11 heteroatoms. The number of fused-ring (bicyclic) bond motifs is 1. The molecule has 11 nitrogen and oxygen atoms in total. The second kappa shape index (κ2) is 8.62. The standard InChI is InChI=1S/C23H23N7O4/c1-12(25-21-26-13(2)27-22(29-21)30-5-6-33-23(30)32)17-8-15-7-16(10-24)19(34-11-14-3-4-14)9-18(15)28-20(17)31/h7-9,12,14H,3-6,11H2,1-2H3,(H,28,31)(H,25,26,27,29)/t12-/m0/s1. The monoisotopic (exact) mass is 461 g/mol. The fraction of sp³-hybridized carbons (Fsp3) is 0.391. The Labute approximate surface area is 194 Å². The van der Waals surface area contributed by atoms with E-state index in [1.807, 2.05) is 0 Å². The molecule has 0 bridgehead atoms. The van der Waals surface area contributed by atoms with E-state index >= 15 is 0 Å². The highest BCUT2D eigenvalue weighted by Gasteiger charge is 2.27. The van der Waals surface area contributed by atoms with E-state index in [1.165, 1.54) is 4.90 Å². The molecule has 1 amide bonds. The zero-order chi connectivity index (χ0) is 23.8. The van der Waals surface area contributed by atoms with Crippen LogP contribution in [0.15, 0.2) is 23.0 Å². The lowest BCUT2D eigenvalue weighted by atomic mass is 10.1. The molecule has 0 spiro atoms. The number of aromatic amines is 1. The average Bonchev–Trinajstić information content (AvgIpc) is 3.54. The zero-order valence-electron chi connectivity index (χ0n) is 18.8. The number of nitriles is 1. The number of carbonyl (C=O) groups excluding carboxylic acids is 1. The fourth-order valence-electron chi connectivity index (χ4n) is 3.77. The summed E-state index contributed by atoms with van der Waals surface area (Å²) in [6.07, 6.45) is 1.78. The SMILES string of the molecule is Cc1nc(N[C@@H](C)c2cc3cc(C#N)c(OCC4CC4)cc3[nH]c2=O)nc(N2CCOC2=O)n1. The number of nitrogens with one attached hydrogen (secondary N) is 2. The first-order chi connectivity index (χ1) is 16.4. The van der Waals surface area contributed by atoms with Gasteiger partial charge in [-0.25, -0.2) is 9.69 Å². The number of hydrogen-bond acceptors (Lipinski definition) is 9. The highest BCUT2D eigenvalue weighted by atomic mass is 16.6. The minimum atomic E-state index is -0.510. The molecule has 3 aromatic rings. The molecule has 2 fully saturated rings. The third kappa shape index (κ3) is 4.34. The number of anilines is 2. The molecule has 34 heavy (non-hydrogen) atoms. The number of aryl methyl sites for hydroxylation is 1. The van der Waals surface area contributed by atoms with E-state index in [2.05, 4.69) is 31.3 Å². The zero-order valence-corrected chi connectivity index (χ0v) is 18.8. The van der Waals surface area contributed by atoms with E-state index in [4.69, 9.17) is 9.47 Å². The van der Waals surface area contributed by atoms with Gasteiger partial charge in [-0.05, 0) is 44.7 Å². The van der Waals surface area contributed by atoms with Crippen LogP contribution in [0, 0.1) is 24.2 Å². The van der Waals surface area contributed by atoms with E-state index in [0.29, 0.717) is 52.7 Å². The van der Waals surface area contributed by atoms with Crippen molar-refractivity contribution in [3.8, 4) is 11.8 Å². The van der Waals surface area contributed by atoms with Crippen LogP contribution in [0.3, 0.4) is 0 Å². The Kier molecular flexibility index (Phi) is 5.49. The molecule has 1 atom stereocenters. The van der Waals surface area contributed by atoms with Gasteiger partial charge in [0.2, 0.25) is 11.9 Å². The maximum Gasteiger partial charge on any atom is 0.416 e. The van der Waals surface area contributed by atoms with Gasteiger partial charge in [-0.3, -0.25) is 4.79 Å². The number of rotatable bonds is 7. The molecule has 3 heterocycles. The summed E-state index contributed by atoms with van der Waals surface area (Å²) in [6, 6.07) is 6.87. The molecule has 5 rings (SSSR count). The second-order valence-electron chi connectivity index (χ2n) is 8.49. The smallest absolute Gasteiger partial charge is 0.416 e. The van der Waals surface area contributed by atoms with Gasteiger partial charge in [-0.1, -0.05) is 0 Å². The molecule has 1 aliphatic heterocycles. The van der Waals surface area contributed by atoms with Gasteiger partial charge >= 0.3 is 6.09 Å². The molecule has 2 aliphatic rings. The summed E-state index contributed by atoms with van der Waals surface area (Å²) in [4.78, 5) is 41.8. The number of nitrogens with zero attached hydrogens (tertiary/aromatic N) is 5. The quantitative estimate of drug-likeness (QED) is 0.542. The maximum atomic E-state index is 12.9. The van der Waals surface area contributed by atoms with Gasteiger partial charge in [-0.15, -0.1) is 0 Å².